The number of ether oxygens (including phenoxy) is 2. The summed E-state index contributed by atoms with van der Waals surface area (Å²) >= 11 is 0. The predicted octanol–water partition coefficient (Wildman–Crippen LogP) is 1.44. The third-order valence-corrected chi connectivity index (χ3v) is 2.04. The number of carboxylic acids is 1. The second-order valence-corrected chi connectivity index (χ2v) is 3.22. The van der Waals surface area contributed by atoms with Crippen molar-refractivity contribution in [2.75, 3.05) is 6.61 Å². The van der Waals surface area contributed by atoms with Crippen LogP contribution in [0.15, 0.2) is 18.2 Å². The Labute approximate surface area is 85.2 Å². The van der Waals surface area contributed by atoms with Gasteiger partial charge < -0.3 is 14.6 Å². The summed E-state index contributed by atoms with van der Waals surface area (Å²) in [5.41, 5.74) is 0. The van der Waals surface area contributed by atoms with Crippen LogP contribution in [-0.2, 0) is 4.79 Å². The van der Waals surface area contributed by atoms with Crippen LogP contribution in [0.5, 0.6) is 11.5 Å². The summed E-state index contributed by atoms with van der Waals surface area (Å²) in [6.07, 6.45) is -0.833. The van der Waals surface area contributed by atoms with E-state index in [-0.39, 0.29) is 18.8 Å². The third-order valence-electron chi connectivity index (χ3n) is 2.04. The summed E-state index contributed by atoms with van der Waals surface area (Å²) in [4.78, 5) is 10.4. The Morgan fingerprint density at radius 2 is 2.40 bits per heavy atom. The number of para-hydroxylation sites is 1. The fourth-order valence-corrected chi connectivity index (χ4v) is 1.40. The summed E-state index contributed by atoms with van der Waals surface area (Å²) < 4.78 is 23.6. The van der Waals surface area contributed by atoms with Gasteiger partial charge in [0.25, 0.3) is 0 Å². The smallest absolute Gasteiger partial charge is 0.307 e. The van der Waals surface area contributed by atoms with E-state index >= 15 is 0 Å². The van der Waals surface area contributed by atoms with Gasteiger partial charge in [-0.05, 0) is 12.1 Å². The van der Waals surface area contributed by atoms with Crippen molar-refractivity contribution >= 4 is 5.97 Å². The summed E-state index contributed by atoms with van der Waals surface area (Å²) in [6.45, 7) is 0.128. The highest BCUT2D eigenvalue weighted by atomic mass is 19.1. The van der Waals surface area contributed by atoms with Crippen molar-refractivity contribution in [1.82, 2.24) is 0 Å². The molecule has 1 atom stereocenters. The molecule has 1 unspecified atom stereocenters. The zero-order valence-electron chi connectivity index (χ0n) is 7.77. The lowest BCUT2D eigenvalue weighted by atomic mass is 10.2. The average Bonchev–Trinajstić information content (AvgIpc) is 2.18. The second-order valence-electron chi connectivity index (χ2n) is 3.22. The van der Waals surface area contributed by atoms with Gasteiger partial charge in [0.1, 0.15) is 12.7 Å². The molecule has 1 aliphatic rings. The number of hydrogen-bond donors (Lipinski definition) is 1. The van der Waals surface area contributed by atoms with Crippen LogP contribution in [0.2, 0.25) is 0 Å². The fourth-order valence-electron chi connectivity index (χ4n) is 1.40. The van der Waals surface area contributed by atoms with Crippen molar-refractivity contribution in [2.45, 2.75) is 12.5 Å². The molecule has 1 aliphatic heterocycles. The zero-order chi connectivity index (χ0) is 10.8. The van der Waals surface area contributed by atoms with Gasteiger partial charge in [0, 0.05) is 0 Å². The molecule has 0 fully saturated rings. The molecule has 1 heterocycles. The molecule has 0 spiro atoms. The van der Waals surface area contributed by atoms with Crippen LogP contribution in [0, 0.1) is 5.82 Å². The molecule has 0 radical (unpaired) electrons. The lowest BCUT2D eigenvalue weighted by Crippen LogP contribution is -2.31. The maximum absolute atomic E-state index is 13.2. The third kappa shape index (κ3) is 2.01. The molecule has 1 aromatic carbocycles. The number of rotatable bonds is 2. The lowest BCUT2D eigenvalue weighted by molar-refractivity contribution is -0.139. The molecule has 15 heavy (non-hydrogen) atoms. The van der Waals surface area contributed by atoms with E-state index in [0.29, 0.717) is 5.75 Å². The van der Waals surface area contributed by atoms with Crippen LogP contribution in [0.25, 0.3) is 0 Å². The van der Waals surface area contributed by atoms with Gasteiger partial charge in [-0.1, -0.05) is 6.07 Å². The Kier molecular flexibility index (Phi) is 2.45. The quantitative estimate of drug-likeness (QED) is 0.805. The summed E-state index contributed by atoms with van der Waals surface area (Å²) in [5, 5.41) is 8.55. The van der Waals surface area contributed by atoms with Crippen LogP contribution in [0.3, 0.4) is 0 Å². The predicted molar refractivity (Wildman–Crippen MR) is 48.6 cm³/mol. The van der Waals surface area contributed by atoms with Crippen LogP contribution >= 0.6 is 0 Å². The van der Waals surface area contributed by atoms with E-state index in [4.69, 9.17) is 14.6 Å². The minimum absolute atomic E-state index is 0.00463. The first-order valence-corrected chi connectivity index (χ1v) is 4.46. The first-order valence-electron chi connectivity index (χ1n) is 4.46. The molecule has 80 valence electrons. The van der Waals surface area contributed by atoms with Crippen LogP contribution < -0.4 is 9.47 Å². The van der Waals surface area contributed by atoms with Crippen molar-refractivity contribution in [3.8, 4) is 11.5 Å². The molecule has 5 heteroatoms. The van der Waals surface area contributed by atoms with E-state index in [0.717, 1.165) is 0 Å². The van der Waals surface area contributed by atoms with Gasteiger partial charge in [0.2, 0.25) is 0 Å². The van der Waals surface area contributed by atoms with E-state index in [1.807, 2.05) is 0 Å². The Morgan fingerprint density at radius 1 is 1.60 bits per heavy atom. The Hall–Kier alpha value is -1.78. The van der Waals surface area contributed by atoms with Crippen molar-refractivity contribution < 1.29 is 23.8 Å². The normalized spacial score (nSPS) is 18.6. The summed E-state index contributed by atoms with van der Waals surface area (Å²) in [7, 11) is 0. The highest BCUT2D eigenvalue weighted by Gasteiger charge is 2.25. The van der Waals surface area contributed by atoms with Crippen molar-refractivity contribution in [2.24, 2.45) is 0 Å². The van der Waals surface area contributed by atoms with Crippen molar-refractivity contribution in [3.63, 3.8) is 0 Å². The number of aliphatic carboxylic acids is 1. The lowest BCUT2D eigenvalue weighted by Gasteiger charge is -2.25. The van der Waals surface area contributed by atoms with Gasteiger partial charge in [-0.2, -0.15) is 0 Å². The van der Waals surface area contributed by atoms with Crippen molar-refractivity contribution in [3.05, 3.63) is 24.0 Å². The Bertz CT molecular complexity index is 391. The van der Waals surface area contributed by atoms with Gasteiger partial charge in [0.15, 0.2) is 17.3 Å². The molecule has 0 saturated carbocycles. The molecule has 1 N–H and O–H groups in total. The second kappa shape index (κ2) is 3.76. The van der Waals surface area contributed by atoms with Crippen LogP contribution in [0.1, 0.15) is 6.42 Å². The Morgan fingerprint density at radius 3 is 3.13 bits per heavy atom. The van der Waals surface area contributed by atoms with Gasteiger partial charge in [-0.25, -0.2) is 4.39 Å². The molecule has 0 aliphatic carbocycles. The molecule has 0 saturated heterocycles. The van der Waals surface area contributed by atoms with E-state index in [1.54, 1.807) is 6.07 Å². The van der Waals surface area contributed by atoms with E-state index in [1.165, 1.54) is 12.1 Å². The minimum Gasteiger partial charge on any atom is -0.486 e. The highest BCUT2D eigenvalue weighted by Crippen LogP contribution is 2.34. The number of carbonyl (C=O) groups is 1. The number of carboxylic acid groups (broad SMARTS) is 1. The Balaban J connectivity index is 2.18. The first kappa shape index (κ1) is 9.76. The minimum atomic E-state index is -0.997. The molecule has 4 nitrogen and oxygen atoms in total. The number of hydrogen-bond acceptors (Lipinski definition) is 3. The average molecular weight is 212 g/mol. The van der Waals surface area contributed by atoms with Crippen molar-refractivity contribution in [1.29, 1.82) is 0 Å². The maximum atomic E-state index is 13.2. The number of halogens is 1. The number of fused-ring (bicyclic) bond motifs is 1. The fraction of sp³-hybridized carbons (Fsp3) is 0.300. The molecule has 0 aromatic heterocycles. The molecule has 0 amide bonds. The van der Waals surface area contributed by atoms with Gasteiger partial charge in [-0.15, -0.1) is 0 Å². The monoisotopic (exact) mass is 212 g/mol. The standard InChI is InChI=1S/C10H9FO4/c11-7-2-1-3-8-10(7)15-6(5-14-8)4-9(12)13/h1-3,6H,4-5H2,(H,12,13). The maximum Gasteiger partial charge on any atom is 0.307 e. The van der Waals surface area contributed by atoms with Crippen LogP contribution in [0.4, 0.5) is 4.39 Å². The number of benzene rings is 1. The largest absolute Gasteiger partial charge is 0.486 e. The highest BCUT2D eigenvalue weighted by molar-refractivity contribution is 5.67. The van der Waals surface area contributed by atoms with E-state index in [2.05, 4.69) is 0 Å². The van der Waals surface area contributed by atoms with E-state index < -0.39 is 17.9 Å². The SMILES string of the molecule is O=C(O)CC1COc2cccc(F)c2O1. The van der Waals surface area contributed by atoms with Crippen LogP contribution in [-0.4, -0.2) is 23.8 Å². The van der Waals surface area contributed by atoms with Gasteiger partial charge >= 0.3 is 5.97 Å². The van der Waals surface area contributed by atoms with Gasteiger partial charge in [-0.3, -0.25) is 4.79 Å². The summed E-state index contributed by atoms with van der Waals surface area (Å²) in [5.74, 6) is -1.22. The molecule has 0 bridgehead atoms. The molecule has 1 aromatic rings. The zero-order valence-corrected chi connectivity index (χ0v) is 7.77. The topological polar surface area (TPSA) is 55.8 Å². The summed E-state index contributed by atoms with van der Waals surface area (Å²) in [6, 6.07) is 4.33. The first-order chi connectivity index (χ1) is 7.16. The van der Waals surface area contributed by atoms with Gasteiger partial charge in [0.05, 0.1) is 6.42 Å². The van der Waals surface area contributed by atoms with E-state index in [9.17, 15) is 9.18 Å². The molecular formula is C10H9FO4. The molecule has 2 rings (SSSR count). The molecular weight excluding hydrogens is 203 g/mol.